The first-order valence-corrected chi connectivity index (χ1v) is 7.82. The highest BCUT2D eigenvalue weighted by Gasteiger charge is 2.22. The molecular weight excluding hydrogens is 290 g/mol. The number of carbonyl (C=O) groups excluding carboxylic acids is 1. The standard InChI is InChI=1S/C17H21N5O/c18-11-16-10-15(3-5-20-16)17(23)22-8-6-21(7-9-22)13-14-2-1-4-19-12-14/h1-5,10,12H,6-9,11,13,18H2. The fourth-order valence-electron chi connectivity index (χ4n) is 2.76. The Morgan fingerprint density at radius 1 is 1.17 bits per heavy atom. The molecule has 0 aliphatic carbocycles. The summed E-state index contributed by atoms with van der Waals surface area (Å²) in [5.41, 5.74) is 8.20. The minimum Gasteiger partial charge on any atom is -0.336 e. The molecule has 1 amide bonds. The second-order valence-electron chi connectivity index (χ2n) is 5.67. The van der Waals surface area contributed by atoms with E-state index >= 15 is 0 Å². The minimum atomic E-state index is 0.0585. The molecule has 3 rings (SSSR count). The maximum absolute atomic E-state index is 12.6. The van der Waals surface area contributed by atoms with Crippen LogP contribution in [0, 0.1) is 0 Å². The van der Waals surface area contributed by atoms with Crippen LogP contribution in [0.3, 0.4) is 0 Å². The number of hydrogen-bond acceptors (Lipinski definition) is 5. The Bertz CT molecular complexity index is 653. The molecule has 0 aromatic carbocycles. The maximum Gasteiger partial charge on any atom is 0.254 e. The summed E-state index contributed by atoms with van der Waals surface area (Å²) in [5, 5.41) is 0. The molecule has 6 nitrogen and oxygen atoms in total. The van der Waals surface area contributed by atoms with Crippen molar-refractivity contribution in [1.82, 2.24) is 19.8 Å². The Hall–Kier alpha value is -2.31. The van der Waals surface area contributed by atoms with Crippen molar-refractivity contribution in [1.29, 1.82) is 0 Å². The van der Waals surface area contributed by atoms with E-state index in [9.17, 15) is 4.79 Å². The summed E-state index contributed by atoms with van der Waals surface area (Å²) in [6.07, 6.45) is 5.32. The van der Waals surface area contributed by atoms with Crippen LogP contribution in [0.15, 0.2) is 42.9 Å². The molecule has 0 atom stereocenters. The number of carbonyl (C=O) groups is 1. The Balaban J connectivity index is 1.57. The van der Waals surface area contributed by atoms with Crippen molar-refractivity contribution in [3.8, 4) is 0 Å². The van der Waals surface area contributed by atoms with Crippen molar-refractivity contribution < 1.29 is 4.79 Å². The van der Waals surface area contributed by atoms with E-state index < -0.39 is 0 Å². The van der Waals surface area contributed by atoms with Crippen molar-refractivity contribution in [2.24, 2.45) is 5.73 Å². The van der Waals surface area contributed by atoms with Gasteiger partial charge in [0, 0.05) is 63.4 Å². The molecule has 1 fully saturated rings. The molecule has 1 aliphatic heterocycles. The van der Waals surface area contributed by atoms with Gasteiger partial charge >= 0.3 is 0 Å². The monoisotopic (exact) mass is 311 g/mol. The Morgan fingerprint density at radius 2 is 2.00 bits per heavy atom. The molecule has 2 aromatic rings. The van der Waals surface area contributed by atoms with Gasteiger partial charge in [0.15, 0.2) is 0 Å². The van der Waals surface area contributed by atoms with E-state index in [4.69, 9.17) is 5.73 Å². The number of aromatic nitrogens is 2. The number of hydrogen-bond donors (Lipinski definition) is 1. The summed E-state index contributed by atoms with van der Waals surface area (Å²) in [7, 11) is 0. The zero-order valence-corrected chi connectivity index (χ0v) is 13.1. The van der Waals surface area contributed by atoms with Crippen LogP contribution in [0.2, 0.25) is 0 Å². The smallest absolute Gasteiger partial charge is 0.254 e. The summed E-state index contributed by atoms with van der Waals surface area (Å²) in [5.74, 6) is 0.0585. The van der Waals surface area contributed by atoms with Crippen molar-refractivity contribution >= 4 is 5.91 Å². The average molecular weight is 311 g/mol. The van der Waals surface area contributed by atoms with Gasteiger partial charge in [0.1, 0.15) is 0 Å². The van der Waals surface area contributed by atoms with E-state index in [0.29, 0.717) is 12.1 Å². The number of amides is 1. The fourth-order valence-corrected chi connectivity index (χ4v) is 2.76. The first kappa shape index (κ1) is 15.6. The highest BCUT2D eigenvalue weighted by molar-refractivity contribution is 5.94. The van der Waals surface area contributed by atoms with Crippen molar-refractivity contribution in [3.05, 3.63) is 59.7 Å². The Morgan fingerprint density at radius 3 is 2.70 bits per heavy atom. The molecule has 0 spiro atoms. The molecule has 0 bridgehead atoms. The lowest BCUT2D eigenvalue weighted by molar-refractivity contribution is 0.0628. The lowest BCUT2D eigenvalue weighted by atomic mass is 10.1. The van der Waals surface area contributed by atoms with Gasteiger partial charge in [-0.2, -0.15) is 0 Å². The van der Waals surface area contributed by atoms with Crippen LogP contribution in [0.5, 0.6) is 0 Å². The average Bonchev–Trinajstić information content (AvgIpc) is 2.63. The van der Waals surface area contributed by atoms with Gasteiger partial charge in [-0.1, -0.05) is 6.07 Å². The van der Waals surface area contributed by atoms with Gasteiger partial charge in [-0.25, -0.2) is 0 Å². The molecule has 0 unspecified atom stereocenters. The summed E-state index contributed by atoms with van der Waals surface area (Å²) in [6.45, 7) is 4.44. The topological polar surface area (TPSA) is 75.4 Å². The fraction of sp³-hybridized carbons (Fsp3) is 0.353. The molecule has 1 saturated heterocycles. The van der Waals surface area contributed by atoms with E-state index in [-0.39, 0.29) is 5.91 Å². The zero-order valence-electron chi connectivity index (χ0n) is 13.1. The molecule has 3 heterocycles. The third-order valence-corrected chi connectivity index (χ3v) is 4.06. The Labute approximate surface area is 135 Å². The molecule has 6 heteroatoms. The highest BCUT2D eigenvalue weighted by atomic mass is 16.2. The third-order valence-electron chi connectivity index (χ3n) is 4.06. The largest absolute Gasteiger partial charge is 0.336 e. The summed E-state index contributed by atoms with van der Waals surface area (Å²) in [4.78, 5) is 25.1. The molecule has 2 aromatic heterocycles. The van der Waals surface area contributed by atoms with Crippen molar-refractivity contribution in [2.45, 2.75) is 13.1 Å². The summed E-state index contributed by atoms with van der Waals surface area (Å²) in [6, 6.07) is 7.57. The quantitative estimate of drug-likeness (QED) is 0.908. The first-order chi connectivity index (χ1) is 11.3. The number of rotatable bonds is 4. The summed E-state index contributed by atoms with van der Waals surface area (Å²) < 4.78 is 0. The van der Waals surface area contributed by atoms with Gasteiger partial charge < -0.3 is 10.6 Å². The SMILES string of the molecule is NCc1cc(C(=O)N2CCN(Cc3cccnc3)CC2)ccn1. The van der Waals surface area contributed by atoms with Crippen LogP contribution < -0.4 is 5.73 Å². The van der Waals surface area contributed by atoms with Gasteiger partial charge in [-0.15, -0.1) is 0 Å². The first-order valence-electron chi connectivity index (χ1n) is 7.82. The van der Waals surface area contributed by atoms with Crippen molar-refractivity contribution in [2.75, 3.05) is 26.2 Å². The second kappa shape index (κ2) is 7.30. The second-order valence-corrected chi connectivity index (χ2v) is 5.67. The van der Waals surface area contributed by atoms with Gasteiger partial charge in [0.25, 0.3) is 5.91 Å². The number of nitrogens with zero attached hydrogens (tertiary/aromatic N) is 4. The van der Waals surface area contributed by atoms with Crippen LogP contribution in [0.25, 0.3) is 0 Å². The molecule has 23 heavy (non-hydrogen) atoms. The zero-order chi connectivity index (χ0) is 16.1. The molecular formula is C17H21N5O. The number of pyridine rings is 2. The Kier molecular flexibility index (Phi) is 4.95. The molecule has 2 N–H and O–H groups in total. The van der Waals surface area contributed by atoms with Crippen LogP contribution >= 0.6 is 0 Å². The minimum absolute atomic E-state index is 0.0585. The normalized spacial score (nSPS) is 15.6. The molecule has 120 valence electrons. The lowest BCUT2D eigenvalue weighted by Crippen LogP contribution is -2.48. The van der Waals surface area contributed by atoms with Crippen LogP contribution in [-0.2, 0) is 13.1 Å². The van der Waals surface area contributed by atoms with Gasteiger partial charge in [0.2, 0.25) is 0 Å². The van der Waals surface area contributed by atoms with E-state index in [1.165, 1.54) is 5.56 Å². The molecule has 0 radical (unpaired) electrons. The van der Waals surface area contributed by atoms with Crippen LogP contribution in [0.4, 0.5) is 0 Å². The van der Waals surface area contributed by atoms with E-state index in [1.807, 2.05) is 17.2 Å². The van der Waals surface area contributed by atoms with Crippen LogP contribution in [-0.4, -0.2) is 51.9 Å². The van der Waals surface area contributed by atoms with Crippen molar-refractivity contribution in [3.63, 3.8) is 0 Å². The van der Waals surface area contributed by atoms with Gasteiger partial charge in [-0.05, 0) is 23.8 Å². The highest BCUT2D eigenvalue weighted by Crippen LogP contribution is 2.11. The predicted molar refractivity (Wildman–Crippen MR) is 87.5 cm³/mol. The van der Waals surface area contributed by atoms with E-state index in [1.54, 1.807) is 24.5 Å². The predicted octanol–water partition coefficient (Wildman–Crippen LogP) is 0.893. The third kappa shape index (κ3) is 3.91. The molecule has 1 aliphatic rings. The van der Waals surface area contributed by atoms with Gasteiger partial charge in [-0.3, -0.25) is 19.7 Å². The van der Waals surface area contributed by atoms with Gasteiger partial charge in [0.05, 0.1) is 5.69 Å². The van der Waals surface area contributed by atoms with E-state index in [2.05, 4.69) is 20.9 Å². The summed E-state index contributed by atoms with van der Waals surface area (Å²) >= 11 is 0. The number of nitrogens with two attached hydrogens (primary N) is 1. The van der Waals surface area contributed by atoms with E-state index in [0.717, 1.165) is 38.4 Å². The van der Waals surface area contributed by atoms with Crippen LogP contribution in [0.1, 0.15) is 21.6 Å². The lowest BCUT2D eigenvalue weighted by Gasteiger charge is -2.34. The molecule has 0 saturated carbocycles. The maximum atomic E-state index is 12.6. The number of piperazine rings is 1.